The highest BCUT2D eigenvalue weighted by Crippen LogP contribution is 2.24. The lowest BCUT2D eigenvalue weighted by molar-refractivity contribution is 0.551. The minimum absolute atomic E-state index is 0.354. The van der Waals surface area contributed by atoms with Crippen molar-refractivity contribution in [2.75, 3.05) is 7.05 Å². The van der Waals surface area contributed by atoms with Crippen LogP contribution in [0.25, 0.3) is 0 Å². The van der Waals surface area contributed by atoms with Crippen LogP contribution in [0.3, 0.4) is 0 Å². The summed E-state index contributed by atoms with van der Waals surface area (Å²) in [5, 5.41) is 12.2. The third-order valence-electron chi connectivity index (χ3n) is 3.83. The summed E-state index contributed by atoms with van der Waals surface area (Å²) in [6.07, 6.45) is 2.66. The second kappa shape index (κ2) is 6.17. The van der Waals surface area contributed by atoms with Gasteiger partial charge in [0.2, 0.25) is 0 Å². The van der Waals surface area contributed by atoms with Crippen LogP contribution in [0, 0.1) is 13.8 Å². The van der Waals surface area contributed by atoms with Gasteiger partial charge in [0.15, 0.2) is 0 Å². The Balaban J connectivity index is 2.32. The number of hydrogen-bond donors (Lipinski definition) is 1. The molecule has 2 rings (SSSR count). The second-order valence-electron chi connectivity index (χ2n) is 4.98. The maximum absolute atomic E-state index is 4.67. The molecule has 6 nitrogen and oxygen atoms in total. The first-order chi connectivity index (χ1) is 9.62. The summed E-state index contributed by atoms with van der Waals surface area (Å²) in [6.45, 7) is 9.95. The molecule has 0 aromatic carbocycles. The zero-order valence-electron chi connectivity index (χ0n) is 13.0. The van der Waals surface area contributed by atoms with Gasteiger partial charge in [-0.1, -0.05) is 6.92 Å². The molecule has 0 bridgehead atoms. The van der Waals surface area contributed by atoms with E-state index in [0.29, 0.717) is 12.6 Å². The molecule has 0 fully saturated rings. The molecule has 0 amide bonds. The van der Waals surface area contributed by atoms with Gasteiger partial charge in [-0.15, -0.1) is 0 Å². The molecule has 20 heavy (non-hydrogen) atoms. The highest BCUT2D eigenvalue weighted by molar-refractivity contribution is 5.28. The molecule has 1 atom stereocenters. The molecular weight excluding hydrogens is 252 g/mol. The number of aromatic nitrogens is 5. The number of hydrogen-bond acceptors (Lipinski definition) is 4. The van der Waals surface area contributed by atoms with Crippen LogP contribution in [0.5, 0.6) is 0 Å². The number of nitrogens with one attached hydrogen (secondary N) is 1. The van der Waals surface area contributed by atoms with Crippen LogP contribution in [-0.2, 0) is 13.1 Å². The zero-order valence-corrected chi connectivity index (χ0v) is 13.0. The van der Waals surface area contributed by atoms with Crippen LogP contribution in [0.4, 0.5) is 0 Å². The van der Waals surface area contributed by atoms with E-state index in [1.165, 1.54) is 11.3 Å². The summed E-state index contributed by atoms with van der Waals surface area (Å²) in [7, 11) is 2.00. The van der Waals surface area contributed by atoms with Gasteiger partial charge < -0.3 is 5.32 Å². The molecule has 0 aliphatic heterocycles. The molecule has 0 saturated heterocycles. The molecule has 2 aromatic heterocycles. The summed E-state index contributed by atoms with van der Waals surface area (Å²) in [5.41, 5.74) is 3.60. The smallest absolute Gasteiger partial charge is 0.148 e. The second-order valence-corrected chi connectivity index (χ2v) is 4.98. The van der Waals surface area contributed by atoms with Crippen molar-refractivity contribution < 1.29 is 0 Å². The lowest BCUT2D eigenvalue weighted by Gasteiger charge is -2.14. The number of nitrogens with zero attached hydrogens (tertiary/aromatic N) is 5. The van der Waals surface area contributed by atoms with E-state index in [9.17, 15) is 0 Å². The zero-order chi connectivity index (χ0) is 14.7. The van der Waals surface area contributed by atoms with Gasteiger partial charge >= 0.3 is 0 Å². The van der Waals surface area contributed by atoms with Crippen LogP contribution in [0.2, 0.25) is 0 Å². The van der Waals surface area contributed by atoms with Gasteiger partial charge in [-0.25, -0.2) is 9.67 Å². The van der Waals surface area contributed by atoms with Crippen LogP contribution in [-0.4, -0.2) is 31.6 Å². The van der Waals surface area contributed by atoms with Crippen molar-refractivity contribution in [3.63, 3.8) is 0 Å². The fourth-order valence-electron chi connectivity index (χ4n) is 2.73. The Bertz CT molecular complexity index is 564. The maximum atomic E-state index is 4.67. The van der Waals surface area contributed by atoms with Crippen LogP contribution in [0.1, 0.15) is 49.1 Å². The lowest BCUT2D eigenvalue weighted by atomic mass is 10.0. The maximum Gasteiger partial charge on any atom is 0.148 e. The molecule has 0 aliphatic rings. The fraction of sp³-hybridized carbons (Fsp3) is 0.643. The summed E-state index contributed by atoms with van der Waals surface area (Å²) in [4.78, 5) is 4.32. The van der Waals surface area contributed by atoms with Gasteiger partial charge in [-0.2, -0.15) is 10.2 Å². The van der Waals surface area contributed by atoms with Gasteiger partial charge in [-0.05, 0) is 34.2 Å². The fourth-order valence-corrected chi connectivity index (χ4v) is 2.73. The van der Waals surface area contributed by atoms with E-state index < -0.39 is 0 Å². The van der Waals surface area contributed by atoms with E-state index >= 15 is 0 Å². The van der Waals surface area contributed by atoms with Gasteiger partial charge in [0.25, 0.3) is 0 Å². The minimum Gasteiger partial charge on any atom is -0.313 e. The topological polar surface area (TPSA) is 60.6 Å². The minimum atomic E-state index is 0.354. The first-order valence-electron chi connectivity index (χ1n) is 7.20. The molecular formula is C14H24N6. The summed E-state index contributed by atoms with van der Waals surface area (Å²) in [5.74, 6) is 0.946. The third-order valence-corrected chi connectivity index (χ3v) is 3.83. The van der Waals surface area contributed by atoms with E-state index in [-0.39, 0.29) is 0 Å². The average molecular weight is 276 g/mol. The Hall–Kier alpha value is -1.69. The molecule has 0 spiro atoms. The molecule has 0 radical (unpaired) electrons. The van der Waals surface area contributed by atoms with Crippen molar-refractivity contribution in [3.8, 4) is 0 Å². The monoisotopic (exact) mass is 276 g/mol. The predicted octanol–water partition coefficient (Wildman–Crippen LogP) is 1.83. The van der Waals surface area contributed by atoms with E-state index in [1.807, 2.05) is 16.4 Å². The van der Waals surface area contributed by atoms with Gasteiger partial charge in [-0.3, -0.25) is 4.68 Å². The van der Waals surface area contributed by atoms with Gasteiger partial charge in [0.1, 0.15) is 18.7 Å². The van der Waals surface area contributed by atoms with Crippen molar-refractivity contribution in [3.05, 3.63) is 29.1 Å². The molecule has 0 saturated carbocycles. The largest absolute Gasteiger partial charge is 0.313 e. The predicted molar refractivity (Wildman–Crippen MR) is 78.6 cm³/mol. The molecule has 0 aliphatic carbocycles. The summed E-state index contributed by atoms with van der Waals surface area (Å²) in [6, 6.07) is 0.354. The molecule has 110 valence electrons. The highest BCUT2D eigenvalue weighted by atomic mass is 15.4. The first kappa shape index (κ1) is 14.7. The Labute approximate surface area is 120 Å². The SMILES string of the molecule is CCC(NC)c1c(C)nn(Cc2ncnn2CC)c1C. The Morgan fingerprint density at radius 2 is 2.00 bits per heavy atom. The van der Waals surface area contributed by atoms with Crippen LogP contribution in [0.15, 0.2) is 6.33 Å². The highest BCUT2D eigenvalue weighted by Gasteiger charge is 2.19. The lowest BCUT2D eigenvalue weighted by Crippen LogP contribution is -2.17. The molecule has 1 unspecified atom stereocenters. The van der Waals surface area contributed by atoms with Crippen molar-refractivity contribution in [1.29, 1.82) is 0 Å². The molecule has 2 heterocycles. The Morgan fingerprint density at radius 3 is 2.60 bits per heavy atom. The van der Waals surface area contributed by atoms with E-state index in [2.05, 4.69) is 48.2 Å². The normalized spacial score (nSPS) is 12.8. The molecule has 1 N–H and O–H groups in total. The van der Waals surface area contributed by atoms with Crippen molar-refractivity contribution in [2.24, 2.45) is 0 Å². The molecule has 2 aromatic rings. The van der Waals surface area contributed by atoms with E-state index in [4.69, 9.17) is 0 Å². The first-order valence-corrected chi connectivity index (χ1v) is 7.20. The Morgan fingerprint density at radius 1 is 1.25 bits per heavy atom. The molecule has 6 heteroatoms. The number of aryl methyl sites for hydroxylation is 2. The van der Waals surface area contributed by atoms with Gasteiger partial charge in [0, 0.05) is 23.8 Å². The van der Waals surface area contributed by atoms with E-state index in [1.54, 1.807) is 6.33 Å². The van der Waals surface area contributed by atoms with Crippen LogP contribution < -0.4 is 5.32 Å². The van der Waals surface area contributed by atoms with Crippen molar-refractivity contribution >= 4 is 0 Å². The van der Waals surface area contributed by atoms with Crippen molar-refractivity contribution in [2.45, 2.75) is 53.2 Å². The summed E-state index contributed by atoms with van der Waals surface area (Å²) < 4.78 is 3.94. The Kier molecular flexibility index (Phi) is 4.54. The number of rotatable bonds is 6. The van der Waals surface area contributed by atoms with E-state index in [0.717, 1.165) is 24.5 Å². The average Bonchev–Trinajstić information content (AvgIpc) is 2.99. The van der Waals surface area contributed by atoms with Crippen molar-refractivity contribution in [1.82, 2.24) is 29.9 Å². The van der Waals surface area contributed by atoms with Crippen LogP contribution >= 0.6 is 0 Å². The quantitative estimate of drug-likeness (QED) is 0.874. The summed E-state index contributed by atoms with van der Waals surface area (Å²) >= 11 is 0. The third kappa shape index (κ3) is 2.60. The van der Waals surface area contributed by atoms with Gasteiger partial charge in [0.05, 0.1) is 5.69 Å². The standard InChI is InChI=1S/C14H24N6/c1-6-12(15-5)14-10(3)18-20(11(14)4)8-13-16-9-17-19(13)7-2/h9,12,15H,6-8H2,1-5H3.